The highest BCUT2D eigenvalue weighted by Gasteiger charge is 2.57. The maximum atomic E-state index is 13.8. The number of aromatic nitrogens is 1. The van der Waals surface area contributed by atoms with Crippen molar-refractivity contribution in [2.24, 2.45) is 5.92 Å². The molecule has 0 bridgehead atoms. The van der Waals surface area contributed by atoms with Gasteiger partial charge < -0.3 is 4.90 Å². The molecule has 3 aliphatic heterocycles. The maximum Gasteiger partial charge on any atom is 0.416 e. The number of nitrogens with zero attached hydrogens (tertiary/aromatic N) is 3. The molecule has 0 aliphatic carbocycles. The van der Waals surface area contributed by atoms with E-state index in [1.165, 1.54) is 34.9 Å². The Balaban J connectivity index is 1.43. The van der Waals surface area contributed by atoms with Crippen LogP contribution >= 0.6 is 23.1 Å². The van der Waals surface area contributed by atoms with Crippen molar-refractivity contribution in [2.75, 3.05) is 18.0 Å². The van der Waals surface area contributed by atoms with Crippen molar-refractivity contribution in [3.63, 3.8) is 0 Å². The summed E-state index contributed by atoms with van der Waals surface area (Å²) in [5, 5.41) is -0.696. The second-order valence-electron chi connectivity index (χ2n) is 10.2. The monoisotopic (exact) mass is 605 g/mol. The van der Waals surface area contributed by atoms with E-state index in [9.17, 15) is 36.7 Å². The fourth-order valence-corrected chi connectivity index (χ4v) is 8.51. The number of carbonyl (C=O) groups excluding carboxylic acids is 3. The van der Waals surface area contributed by atoms with E-state index in [-0.39, 0.29) is 18.1 Å². The minimum Gasteiger partial charge on any atom is -0.341 e. The van der Waals surface area contributed by atoms with Crippen LogP contribution in [0, 0.1) is 11.7 Å². The van der Waals surface area contributed by atoms with Crippen LogP contribution in [0.1, 0.15) is 41.2 Å². The highest BCUT2D eigenvalue weighted by atomic mass is 32.2. The van der Waals surface area contributed by atoms with Crippen LogP contribution in [0.25, 0.3) is 0 Å². The molecule has 3 aliphatic rings. The summed E-state index contributed by atoms with van der Waals surface area (Å²) >= 11 is 1.84. The van der Waals surface area contributed by atoms with Gasteiger partial charge in [-0.25, -0.2) is 9.29 Å². The van der Waals surface area contributed by atoms with Crippen LogP contribution < -0.4 is 9.77 Å². The van der Waals surface area contributed by atoms with Gasteiger partial charge in [-0.3, -0.25) is 23.7 Å². The molecular weight excluding hydrogens is 582 g/mol. The van der Waals surface area contributed by atoms with Gasteiger partial charge in [0.15, 0.2) is 0 Å². The predicted octanol–water partition coefficient (Wildman–Crippen LogP) is 4.88. The quantitative estimate of drug-likeness (QED) is 0.313. The van der Waals surface area contributed by atoms with Crippen molar-refractivity contribution in [3.8, 4) is 0 Å². The number of rotatable bonds is 4. The number of likely N-dealkylation sites (tertiary alicyclic amines) is 1. The van der Waals surface area contributed by atoms with Crippen molar-refractivity contribution in [3.05, 3.63) is 80.0 Å². The topological polar surface area (TPSA) is 79.7 Å². The molecule has 4 heterocycles. The number of thioether (sulfide) groups is 1. The molecule has 0 spiro atoms. The number of thiazole rings is 1. The fourth-order valence-electron chi connectivity index (χ4n) is 5.74. The lowest BCUT2D eigenvalue weighted by Gasteiger charge is -2.31. The second kappa shape index (κ2) is 10.4. The molecule has 6 rings (SSSR count). The fraction of sp³-hybridized carbons (Fsp3) is 0.357. The molecule has 2 fully saturated rings. The molecule has 3 atom stereocenters. The number of halogens is 4. The first-order valence-corrected chi connectivity index (χ1v) is 14.7. The zero-order valence-electron chi connectivity index (χ0n) is 21.4. The molecule has 3 unspecified atom stereocenters. The molecule has 3 amide bonds. The van der Waals surface area contributed by atoms with E-state index in [1.807, 2.05) is 0 Å². The van der Waals surface area contributed by atoms with E-state index in [4.69, 9.17) is 0 Å². The first-order valence-electron chi connectivity index (χ1n) is 13.0. The van der Waals surface area contributed by atoms with E-state index in [0.717, 1.165) is 65.5 Å². The van der Waals surface area contributed by atoms with E-state index in [0.29, 0.717) is 28.6 Å². The highest BCUT2D eigenvalue weighted by molar-refractivity contribution is 8.00. The lowest BCUT2D eigenvalue weighted by Crippen LogP contribution is -2.39. The number of hydrogen-bond acceptors (Lipinski definition) is 6. The zero-order chi connectivity index (χ0) is 29.1. The number of anilines is 1. The van der Waals surface area contributed by atoms with Crippen LogP contribution in [0.3, 0.4) is 0 Å². The number of carbonyl (C=O) groups is 3. The third kappa shape index (κ3) is 4.88. The summed E-state index contributed by atoms with van der Waals surface area (Å²) in [6.07, 6.45) is -1.92. The Morgan fingerprint density at radius 2 is 1.66 bits per heavy atom. The number of hydrogen-bond donors (Lipinski definition) is 0. The smallest absolute Gasteiger partial charge is 0.341 e. The van der Waals surface area contributed by atoms with E-state index in [2.05, 4.69) is 0 Å². The van der Waals surface area contributed by atoms with Crippen molar-refractivity contribution in [1.82, 2.24) is 9.47 Å². The molecule has 3 aromatic rings. The van der Waals surface area contributed by atoms with Gasteiger partial charge in [-0.1, -0.05) is 41.3 Å². The molecule has 0 N–H and O–H groups in total. The van der Waals surface area contributed by atoms with Crippen LogP contribution in [0.5, 0.6) is 0 Å². The highest BCUT2D eigenvalue weighted by Crippen LogP contribution is 2.54. The van der Waals surface area contributed by atoms with E-state index < -0.39 is 51.3 Å². The molecule has 0 radical (unpaired) electrons. The van der Waals surface area contributed by atoms with Gasteiger partial charge in [0.25, 0.3) is 0 Å². The predicted molar refractivity (Wildman–Crippen MR) is 144 cm³/mol. The van der Waals surface area contributed by atoms with Gasteiger partial charge in [0, 0.05) is 23.9 Å². The average Bonchev–Trinajstić information content (AvgIpc) is 3.39. The summed E-state index contributed by atoms with van der Waals surface area (Å²) in [4.78, 5) is 56.4. The van der Waals surface area contributed by atoms with Gasteiger partial charge in [0.2, 0.25) is 17.7 Å². The van der Waals surface area contributed by atoms with Crippen LogP contribution in [-0.2, 0) is 27.1 Å². The summed E-state index contributed by atoms with van der Waals surface area (Å²) < 4.78 is 55.5. The van der Waals surface area contributed by atoms with E-state index in [1.54, 1.807) is 4.90 Å². The Hall–Kier alpha value is -3.45. The third-order valence-corrected chi connectivity index (χ3v) is 10.3. The number of imide groups is 1. The van der Waals surface area contributed by atoms with Gasteiger partial charge in [-0.2, -0.15) is 13.2 Å². The molecule has 41 heavy (non-hydrogen) atoms. The molecule has 214 valence electrons. The molecule has 7 nitrogen and oxygen atoms in total. The van der Waals surface area contributed by atoms with Crippen molar-refractivity contribution in [1.29, 1.82) is 0 Å². The first-order chi connectivity index (χ1) is 19.5. The molecule has 1 aromatic heterocycles. The Morgan fingerprint density at radius 3 is 2.34 bits per heavy atom. The summed E-state index contributed by atoms with van der Waals surface area (Å²) in [5.41, 5.74) is -0.730. The minimum absolute atomic E-state index is 0.205. The van der Waals surface area contributed by atoms with Gasteiger partial charge >= 0.3 is 11.0 Å². The van der Waals surface area contributed by atoms with Gasteiger partial charge in [0.05, 0.1) is 22.2 Å². The SMILES string of the molecule is O=C(Cn1c2c(sc1=O)C(c1ccc(F)cc1)C1C(=O)N(c3cccc(C(F)(F)F)c3)C(=O)C1S2)N1CCCCC1. The molecule has 2 saturated heterocycles. The number of piperidine rings is 1. The normalized spacial score (nSPS) is 22.6. The van der Waals surface area contributed by atoms with Crippen LogP contribution in [0.15, 0.2) is 58.4 Å². The van der Waals surface area contributed by atoms with Crippen molar-refractivity contribution < 1.29 is 31.9 Å². The molecule has 0 saturated carbocycles. The molecular formula is C28H23F4N3O4S2. The standard InChI is InChI=1S/C28H23F4N3O4S2/c29-17-9-7-15(8-10-17)20-21-22(25(38)35(24(21)37)18-6-4-5-16(13-18)28(30,31)32)40-26-23(20)41-27(39)34(26)14-19(36)33-11-2-1-3-12-33/h4-10,13,20-22H,1-3,11-12,14H2. The molecule has 13 heteroatoms. The lowest BCUT2D eigenvalue weighted by atomic mass is 9.83. The lowest BCUT2D eigenvalue weighted by molar-refractivity contribution is -0.137. The summed E-state index contributed by atoms with van der Waals surface area (Å²) in [6.45, 7) is 0.953. The van der Waals surface area contributed by atoms with Crippen molar-refractivity contribution >= 4 is 46.5 Å². The maximum absolute atomic E-state index is 13.8. The number of fused-ring (bicyclic) bond motifs is 2. The Morgan fingerprint density at radius 1 is 0.951 bits per heavy atom. The second-order valence-corrected chi connectivity index (χ2v) is 12.3. The van der Waals surface area contributed by atoms with E-state index >= 15 is 0 Å². The van der Waals surface area contributed by atoms with Crippen LogP contribution in [0.2, 0.25) is 0 Å². The number of alkyl halides is 3. The summed E-state index contributed by atoms with van der Waals surface area (Å²) in [6, 6.07) is 9.36. The van der Waals surface area contributed by atoms with Crippen molar-refractivity contribution in [2.45, 2.75) is 48.2 Å². The number of benzene rings is 2. The van der Waals surface area contributed by atoms with Gasteiger partial charge in [0.1, 0.15) is 17.6 Å². The summed E-state index contributed by atoms with van der Waals surface area (Å²) in [7, 11) is 0. The largest absolute Gasteiger partial charge is 0.416 e. The minimum atomic E-state index is -4.68. The van der Waals surface area contributed by atoms with Gasteiger partial charge in [-0.05, 0) is 55.2 Å². The van der Waals surface area contributed by atoms with Crippen LogP contribution in [-0.4, -0.2) is 45.5 Å². The third-order valence-electron chi connectivity index (χ3n) is 7.71. The van der Waals surface area contributed by atoms with Gasteiger partial charge in [-0.15, -0.1) is 0 Å². The molecule has 2 aromatic carbocycles. The zero-order valence-corrected chi connectivity index (χ0v) is 23.0. The summed E-state index contributed by atoms with van der Waals surface area (Å²) in [5.74, 6) is -4.06. The Bertz CT molecular complexity index is 1590. The average molecular weight is 606 g/mol. The first kappa shape index (κ1) is 27.7. The number of amides is 3. The van der Waals surface area contributed by atoms with Crippen LogP contribution in [0.4, 0.5) is 23.2 Å². The Kier molecular flexibility index (Phi) is 7.05. The Labute approximate surface area is 239 Å².